The number of aliphatic hydroxyl groups excluding tert-OH is 1. The molecular weight excluding hydrogens is 275 g/mol. The summed E-state index contributed by atoms with van der Waals surface area (Å²) in [6, 6.07) is 0. The molecule has 0 saturated carbocycles. The van der Waals surface area contributed by atoms with Crippen molar-refractivity contribution in [2.75, 3.05) is 6.54 Å². The quantitative estimate of drug-likeness (QED) is 0.738. The van der Waals surface area contributed by atoms with E-state index in [1.165, 1.54) is 13.8 Å². The van der Waals surface area contributed by atoms with E-state index in [0.29, 0.717) is 0 Å². The zero-order valence-corrected chi connectivity index (χ0v) is 10.4. The molecular formula is C8H12F3N3O3S. The first-order valence-electron chi connectivity index (χ1n) is 4.81. The molecule has 3 N–H and O–H groups in total. The van der Waals surface area contributed by atoms with Gasteiger partial charge in [-0.3, -0.25) is 5.10 Å². The summed E-state index contributed by atoms with van der Waals surface area (Å²) in [6.07, 6.45) is -7.62. The van der Waals surface area contributed by atoms with Crippen molar-refractivity contribution in [3.8, 4) is 0 Å². The van der Waals surface area contributed by atoms with E-state index in [2.05, 4.69) is 10.2 Å². The predicted octanol–water partition coefficient (Wildman–Crippen LogP) is 0.228. The van der Waals surface area contributed by atoms with Gasteiger partial charge in [0.15, 0.2) is 6.10 Å². The lowest BCUT2D eigenvalue weighted by atomic mass is 10.4. The Morgan fingerprint density at radius 3 is 2.39 bits per heavy atom. The van der Waals surface area contributed by atoms with Crippen molar-refractivity contribution >= 4 is 10.0 Å². The van der Waals surface area contributed by atoms with Crippen molar-refractivity contribution in [3.05, 3.63) is 11.4 Å². The van der Waals surface area contributed by atoms with Gasteiger partial charge in [-0.15, -0.1) is 0 Å². The second-order valence-corrected chi connectivity index (χ2v) is 5.38. The van der Waals surface area contributed by atoms with E-state index in [1.54, 1.807) is 4.72 Å². The largest absolute Gasteiger partial charge is 0.415 e. The molecule has 0 spiro atoms. The van der Waals surface area contributed by atoms with Crippen molar-refractivity contribution in [2.24, 2.45) is 0 Å². The van der Waals surface area contributed by atoms with Crippen LogP contribution >= 0.6 is 0 Å². The minimum Gasteiger partial charge on any atom is -0.382 e. The average Bonchev–Trinajstić information content (AvgIpc) is 2.54. The zero-order chi connectivity index (χ0) is 14.1. The Balaban J connectivity index is 2.85. The summed E-state index contributed by atoms with van der Waals surface area (Å²) in [5, 5.41) is 14.7. The molecule has 1 unspecified atom stereocenters. The van der Waals surface area contributed by atoms with Crippen molar-refractivity contribution in [1.29, 1.82) is 0 Å². The van der Waals surface area contributed by atoms with Gasteiger partial charge in [-0.1, -0.05) is 0 Å². The topological polar surface area (TPSA) is 95.1 Å². The van der Waals surface area contributed by atoms with E-state index in [-0.39, 0.29) is 16.3 Å². The number of nitrogens with zero attached hydrogens (tertiary/aromatic N) is 1. The number of aromatic amines is 1. The van der Waals surface area contributed by atoms with E-state index in [9.17, 15) is 21.6 Å². The van der Waals surface area contributed by atoms with Crippen LogP contribution in [0.25, 0.3) is 0 Å². The van der Waals surface area contributed by atoms with Crippen LogP contribution in [-0.2, 0) is 10.0 Å². The number of alkyl halides is 3. The summed E-state index contributed by atoms with van der Waals surface area (Å²) in [5.74, 6) is 0. The highest BCUT2D eigenvalue weighted by Crippen LogP contribution is 2.21. The Kier molecular flexibility index (Phi) is 4.03. The molecule has 1 rings (SSSR count). The fraction of sp³-hybridized carbons (Fsp3) is 0.625. The lowest BCUT2D eigenvalue weighted by molar-refractivity contribution is -0.200. The second-order valence-electron chi connectivity index (χ2n) is 3.67. The summed E-state index contributed by atoms with van der Waals surface area (Å²) in [4.78, 5) is -0.211. The van der Waals surface area contributed by atoms with Crippen LogP contribution in [0, 0.1) is 13.8 Å². The van der Waals surface area contributed by atoms with E-state index < -0.39 is 28.8 Å². The molecule has 1 aromatic rings. The monoisotopic (exact) mass is 287 g/mol. The number of halogens is 3. The molecule has 0 aliphatic carbocycles. The number of H-pyrrole nitrogens is 1. The zero-order valence-electron chi connectivity index (χ0n) is 9.54. The van der Waals surface area contributed by atoms with Gasteiger partial charge in [-0.2, -0.15) is 18.3 Å². The van der Waals surface area contributed by atoms with Gasteiger partial charge in [0.2, 0.25) is 10.0 Å². The summed E-state index contributed by atoms with van der Waals surface area (Å²) in [7, 11) is -4.14. The molecule has 0 aromatic carbocycles. The third-order valence-electron chi connectivity index (χ3n) is 2.17. The standard InChI is InChI=1S/C8H12F3N3O3S/c1-4-7(5(2)14-13-4)18(16,17)12-3-6(15)8(9,10)11/h6,12,15H,3H2,1-2H3,(H,13,14). The molecule has 0 aliphatic rings. The van der Waals surface area contributed by atoms with Gasteiger partial charge >= 0.3 is 6.18 Å². The maximum Gasteiger partial charge on any atom is 0.415 e. The fourth-order valence-corrected chi connectivity index (χ4v) is 2.72. The molecule has 18 heavy (non-hydrogen) atoms. The number of hydrogen-bond acceptors (Lipinski definition) is 4. The minimum atomic E-state index is -4.87. The Bertz CT molecular complexity index is 504. The molecule has 0 fully saturated rings. The molecule has 0 radical (unpaired) electrons. The lowest BCUT2D eigenvalue weighted by Gasteiger charge is -2.15. The van der Waals surface area contributed by atoms with Crippen LogP contribution in [0.1, 0.15) is 11.4 Å². The first-order chi connectivity index (χ1) is 8.05. The number of aromatic nitrogens is 2. The van der Waals surface area contributed by atoms with Gasteiger partial charge < -0.3 is 5.11 Å². The maximum absolute atomic E-state index is 12.0. The highest BCUT2D eigenvalue weighted by atomic mass is 32.2. The van der Waals surface area contributed by atoms with Gasteiger partial charge in [0, 0.05) is 6.54 Å². The summed E-state index contributed by atoms with van der Waals surface area (Å²) in [6.45, 7) is 1.68. The smallest absolute Gasteiger partial charge is 0.382 e. The molecule has 0 amide bonds. The molecule has 10 heteroatoms. The van der Waals surface area contributed by atoms with Crippen LogP contribution in [0.5, 0.6) is 0 Å². The molecule has 1 atom stereocenters. The molecule has 0 aliphatic heterocycles. The Morgan fingerprint density at radius 1 is 1.44 bits per heavy atom. The molecule has 0 saturated heterocycles. The van der Waals surface area contributed by atoms with Crippen LogP contribution < -0.4 is 4.72 Å². The van der Waals surface area contributed by atoms with Crippen molar-refractivity contribution < 1.29 is 26.7 Å². The summed E-state index contributed by atoms with van der Waals surface area (Å²) in [5.41, 5.74) is 0.350. The first kappa shape index (κ1) is 14.9. The number of sulfonamides is 1. The van der Waals surface area contributed by atoms with Crippen molar-refractivity contribution in [3.63, 3.8) is 0 Å². The van der Waals surface area contributed by atoms with Crippen LogP contribution in [-0.4, -0.2) is 42.5 Å². The Labute approximate surface area is 101 Å². The van der Waals surface area contributed by atoms with Crippen molar-refractivity contribution in [2.45, 2.75) is 31.0 Å². The van der Waals surface area contributed by atoms with Gasteiger partial charge in [0.1, 0.15) is 4.90 Å². The van der Waals surface area contributed by atoms with Crippen LogP contribution in [0.15, 0.2) is 4.90 Å². The van der Waals surface area contributed by atoms with E-state index >= 15 is 0 Å². The van der Waals surface area contributed by atoms with Gasteiger partial charge in [-0.25, -0.2) is 13.1 Å². The number of hydrogen-bond donors (Lipinski definition) is 3. The van der Waals surface area contributed by atoms with Gasteiger partial charge in [0.25, 0.3) is 0 Å². The van der Waals surface area contributed by atoms with Gasteiger partial charge in [-0.05, 0) is 13.8 Å². The van der Waals surface area contributed by atoms with E-state index in [1.807, 2.05) is 0 Å². The number of aryl methyl sites for hydroxylation is 2. The third kappa shape index (κ3) is 3.21. The molecule has 1 heterocycles. The summed E-state index contributed by atoms with van der Waals surface area (Å²) < 4.78 is 61.2. The molecule has 104 valence electrons. The van der Waals surface area contributed by atoms with E-state index in [4.69, 9.17) is 5.11 Å². The maximum atomic E-state index is 12.0. The SMILES string of the molecule is Cc1n[nH]c(C)c1S(=O)(=O)NCC(O)C(F)(F)F. The van der Waals surface area contributed by atoms with Crippen LogP contribution in [0.2, 0.25) is 0 Å². The third-order valence-corrected chi connectivity index (χ3v) is 3.86. The second kappa shape index (κ2) is 4.86. The van der Waals surface area contributed by atoms with Crippen molar-refractivity contribution in [1.82, 2.24) is 14.9 Å². The first-order valence-corrected chi connectivity index (χ1v) is 6.30. The van der Waals surface area contributed by atoms with Crippen LogP contribution in [0.3, 0.4) is 0 Å². The normalized spacial score (nSPS) is 14.8. The average molecular weight is 287 g/mol. The molecule has 0 bridgehead atoms. The molecule has 1 aromatic heterocycles. The van der Waals surface area contributed by atoms with Gasteiger partial charge in [0.05, 0.1) is 11.4 Å². The highest BCUT2D eigenvalue weighted by Gasteiger charge is 2.39. The summed E-state index contributed by atoms with van der Waals surface area (Å²) >= 11 is 0. The lowest BCUT2D eigenvalue weighted by Crippen LogP contribution is -2.40. The number of aliphatic hydroxyl groups is 1. The minimum absolute atomic E-state index is 0.140. The highest BCUT2D eigenvalue weighted by molar-refractivity contribution is 7.89. The van der Waals surface area contributed by atoms with E-state index in [0.717, 1.165) is 0 Å². The Hall–Kier alpha value is -1.13. The number of nitrogens with one attached hydrogen (secondary N) is 2. The Morgan fingerprint density at radius 2 is 2.00 bits per heavy atom. The predicted molar refractivity (Wildman–Crippen MR) is 55.3 cm³/mol. The number of rotatable bonds is 4. The fourth-order valence-electron chi connectivity index (χ4n) is 1.31. The molecule has 6 nitrogen and oxygen atoms in total. The van der Waals surface area contributed by atoms with Crippen LogP contribution in [0.4, 0.5) is 13.2 Å².